The zero-order chi connectivity index (χ0) is 22.8. The Kier molecular flexibility index (Phi) is 5.81. The molecule has 1 atom stereocenters. The second-order valence-electron chi connectivity index (χ2n) is 10.2. The van der Waals surface area contributed by atoms with Crippen LogP contribution in [-0.2, 0) is 31.2 Å². The van der Waals surface area contributed by atoms with Crippen LogP contribution in [0.25, 0.3) is 0 Å². The van der Waals surface area contributed by atoms with E-state index in [-0.39, 0.29) is 5.41 Å². The summed E-state index contributed by atoms with van der Waals surface area (Å²) in [6, 6.07) is 38.5. The average molecular weight is 444 g/mol. The summed E-state index contributed by atoms with van der Waals surface area (Å²) in [5, 5.41) is 0. The highest BCUT2D eigenvalue weighted by Gasteiger charge is 2.45. The van der Waals surface area contributed by atoms with Crippen LogP contribution in [0.5, 0.6) is 0 Å². The van der Waals surface area contributed by atoms with Crippen LogP contribution in [0.1, 0.15) is 51.8 Å². The van der Waals surface area contributed by atoms with Crippen molar-refractivity contribution in [3.05, 3.63) is 142 Å². The predicted molar refractivity (Wildman–Crippen MR) is 141 cm³/mol. The third-order valence-corrected chi connectivity index (χ3v) is 7.97. The Morgan fingerprint density at radius 2 is 1.29 bits per heavy atom. The lowest BCUT2D eigenvalue weighted by molar-refractivity contribution is 0.313. The molecule has 0 amide bonds. The molecule has 2 aliphatic rings. The molecule has 1 nitrogen and oxygen atoms in total. The first kappa shape index (κ1) is 21.4. The van der Waals surface area contributed by atoms with E-state index in [0.29, 0.717) is 0 Å². The molecule has 1 aliphatic carbocycles. The van der Waals surface area contributed by atoms with Crippen molar-refractivity contribution in [3.63, 3.8) is 0 Å². The third kappa shape index (κ3) is 4.10. The quantitative estimate of drug-likeness (QED) is 0.311. The van der Waals surface area contributed by atoms with Crippen LogP contribution in [0.15, 0.2) is 103 Å². The van der Waals surface area contributed by atoms with Gasteiger partial charge in [-0.3, -0.25) is 4.90 Å². The van der Waals surface area contributed by atoms with E-state index in [0.717, 1.165) is 38.9 Å². The number of rotatable bonds is 6. The number of likely N-dealkylation sites (tertiary alicyclic amines) is 1. The van der Waals surface area contributed by atoms with Crippen molar-refractivity contribution in [2.45, 2.75) is 44.1 Å². The van der Waals surface area contributed by atoms with Gasteiger partial charge in [0.2, 0.25) is 0 Å². The van der Waals surface area contributed by atoms with E-state index in [1.165, 1.54) is 35.1 Å². The molecule has 1 fully saturated rings. The van der Waals surface area contributed by atoms with Crippen LogP contribution < -0.4 is 0 Å². The first-order valence-corrected chi connectivity index (χ1v) is 12.8. The number of hydrogen-bond acceptors (Lipinski definition) is 1. The molecule has 0 aromatic heterocycles. The minimum atomic E-state index is 0.127. The molecule has 6 rings (SSSR count). The van der Waals surface area contributed by atoms with Gasteiger partial charge in [0, 0.05) is 18.5 Å². The van der Waals surface area contributed by atoms with Crippen LogP contribution in [-0.4, -0.2) is 18.0 Å². The fourth-order valence-corrected chi connectivity index (χ4v) is 6.35. The smallest absolute Gasteiger partial charge is 0.0347 e. The highest BCUT2D eigenvalue weighted by molar-refractivity contribution is 5.55. The van der Waals surface area contributed by atoms with Crippen LogP contribution in [0.3, 0.4) is 0 Å². The fraction of sp³-hybridized carbons (Fsp3) is 0.273. The van der Waals surface area contributed by atoms with E-state index in [9.17, 15) is 0 Å². The summed E-state index contributed by atoms with van der Waals surface area (Å²) in [4.78, 5) is 2.66. The SMILES string of the molecule is c1ccc(CCCc2ccc3c(c2)Cc2ccccc2C32CCN(Cc3ccccc3)C2)cc1. The van der Waals surface area contributed by atoms with Gasteiger partial charge in [-0.25, -0.2) is 0 Å². The van der Waals surface area contributed by atoms with Gasteiger partial charge >= 0.3 is 0 Å². The van der Waals surface area contributed by atoms with E-state index >= 15 is 0 Å². The number of nitrogens with zero attached hydrogens (tertiary/aromatic N) is 1. The van der Waals surface area contributed by atoms with Crippen LogP contribution >= 0.6 is 0 Å². The lowest BCUT2D eigenvalue weighted by Gasteiger charge is -2.38. The Balaban J connectivity index is 1.26. The Morgan fingerprint density at radius 1 is 0.618 bits per heavy atom. The number of aryl methyl sites for hydroxylation is 2. The molecule has 4 aromatic carbocycles. The van der Waals surface area contributed by atoms with E-state index < -0.39 is 0 Å². The van der Waals surface area contributed by atoms with Gasteiger partial charge in [0.15, 0.2) is 0 Å². The Bertz CT molecular complexity index is 1260. The standard InChI is InChI=1S/C33H33N/c1-3-10-26(11-4-1)14-9-15-27-18-19-32-30(22-27)23-29-16-7-8-17-31(29)33(32)20-21-34(25-33)24-28-12-5-2-6-13-28/h1-8,10-13,16-19,22H,9,14-15,20-21,23-25H2. The first-order chi connectivity index (χ1) is 16.8. The van der Waals surface area contributed by atoms with Crippen LogP contribution in [0.2, 0.25) is 0 Å². The molecule has 1 spiro atoms. The van der Waals surface area contributed by atoms with Gasteiger partial charge in [-0.15, -0.1) is 0 Å². The number of hydrogen-bond donors (Lipinski definition) is 0. The Morgan fingerprint density at radius 3 is 2.12 bits per heavy atom. The topological polar surface area (TPSA) is 3.24 Å². The lowest BCUT2D eigenvalue weighted by atomic mass is 9.65. The zero-order valence-corrected chi connectivity index (χ0v) is 19.9. The first-order valence-electron chi connectivity index (χ1n) is 12.8. The van der Waals surface area contributed by atoms with Gasteiger partial charge in [0.25, 0.3) is 0 Å². The van der Waals surface area contributed by atoms with E-state index in [1.807, 2.05) is 0 Å². The minimum Gasteiger partial charge on any atom is -0.298 e. The Labute approximate surface area is 204 Å². The zero-order valence-electron chi connectivity index (χ0n) is 19.9. The largest absolute Gasteiger partial charge is 0.298 e. The molecule has 34 heavy (non-hydrogen) atoms. The highest BCUT2D eigenvalue weighted by atomic mass is 15.2. The van der Waals surface area contributed by atoms with Gasteiger partial charge in [0.1, 0.15) is 0 Å². The molecule has 1 heterocycles. The molecule has 1 unspecified atom stereocenters. The van der Waals surface area contributed by atoms with Gasteiger partial charge in [-0.2, -0.15) is 0 Å². The van der Waals surface area contributed by atoms with Crippen molar-refractivity contribution in [1.82, 2.24) is 4.90 Å². The lowest BCUT2D eigenvalue weighted by Crippen LogP contribution is -2.36. The molecule has 1 saturated heterocycles. The molecule has 0 bridgehead atoms. The van der Waals surface area contributed by atoms with Crippen molar-refractivity contribution < 1.29 is 0 Å². The van der Waals surface area contributed by atoms with Crippen molar-refractivity contribution in [1.29, 1.82) is 0 Å². The molecular formula is C33H33N. The summed E-state index contributed by atoms with van der Waals surface area (Å²) < 4.78 is 0. The summed E-state index contributed by atoms with van der Waals surface area (Å²) in [7, 11) is 0. The maximum atomic E-state index is 2.66. The molecule has 1 aliphatic heterocycles. The van der Waals surface area contributed by atoms with Gasteiger partial charge in [-0.05, 0) is 77.6 Å². The summed E-state index contributed by atoms with van der Waals surface area (Å²) in [6.07, 6.45) is 5.78. The summed E-state index contributed by atoms with van der Waals surface area (Å²) in [5.74, 6) is 0. The van der Waals surface area contributed by atoms with Crippen molar-refractivity contribution >= 4 is 0 Å². The van der Waals surface area contributed by atoms with Crippen LogP contribution in [0, 0.1) is 0 Å². The fourth-order valence-electron chi connectivity index (χ4n) is 6.35. The number of benzene rings is 4. The maximum Gasteiger partial charge on any atom is 0.0347 e. The second-order valence-corrected chi connectivity index (χ2v) is 10.2. The normalized spacial score (nSPS) is 19.2. The van der Waals surface area contributed by atoms with Gasteiger partial charge in [0.05, 0.1) is 0 Å². The third-order valence-electron chi connectivity index (χ3n) is 7.97. The van der Waals surface area contributed by atoms with Gasteiger partial charge < -0.3 is 0 Å². The maximum absolute atomic E-state index is 2.66. The molecule has 0 radical (unpaired) electrons. The molecule has 170 valence electrons. The summed E-state index contributed by atoms with van der Waals surface area (Å²) in [5.41, 5.74) is 10.7. The molecular weight excluding hydrogens is 410 g/mol. The predicted octanol–water partition coefficient (Wildman–Crippen LogP) is 6.96. The monoisotopic (exact) mass is 443 g/mol. The molecule has 4 aromatic rings. The van der Waals surface area contributed by atoms with Crippen molar-refractivity contribution in [2.75, 3.05) is 13.1 Å². The second kappa shape index (κ2) is 9.24. The molecule has 1 heteroatoms. The highest BCUT2D eigenvalue weighted by Crippen LogP contribution is 2.48. The minimum absolute atomic E-state index is 0.127. The Hall–Kier alpha value is -3.16. The number of fused-ring (bicyclic) bond motifs is 4. The van der Waals surface area contributed by atoms with E-state index in [2.05, 4.69) is 108 Å². The van der Waals surface area contributed by atoms with E-state index in [1.54, 1.807) is 16.7 Å². The molecule has 0 saturated carbocycles. The van der Waals surface area contributed by atoms with Crippen LogP contribution in [0.4, 0.5) is 0 Å². The van der Waals surface area contributed by atoms with E-state index in [4.69, 9.17) is 0 Å². The summed E-state index contributed by atoms with van der Waals surface area (Å²) >= 11 is 0. The average Bonchev–Trinajstić information content (AvgIpc) is 3.29. The molecule has 0 N–H and O–H groups in total. The van der Waals surface area contributed by atoms with Gasteiger partial charge in [-0.1, -0.05) is 103 Å². The summed E-state index contributed by atoms with van der Waals surface area (Å²) in [6.45, 7) is 3.30. The van der Waals surface area contributed by atoms with Crippen molar-refractivity contribution in [2.24, 2.45) is 0 Å². The van der Waals surface area contributed by atoms with Crippen molar-refractivity contribution in [3.8, 4) is 0 Å².